The van der Waals surface area contributed by atoms with Crippen LogP contribution in [0.3, 0.4) is 0 Å². The minimum atomic E-state index is -0.189. The Kier molecular flexibility index (Phi) is 5.22. The van der Waals surface area contributed by atoms with Gasteiger partial charge in [-0.15, -0.1) is 0 Å². The second-order valence-electron chi connectivity index (χ2n) is 8.35. The first-order chi connectivity index (χ1) is 14.0. The van der Waals surface area contributed by atoms with Crippen LogP contribution in [0.25, 0.3) is 0 Å². The summed E-state index contributed by atoms with van der Waals surface area (Å²) in [6.07, 6.45) is 15.1. The normalized spacial score (nSPS) is 32.2. The summed E-state index contributed by atoms with van der Waals surface area (Å²) in [6, 6.07) is 1.38. The van der Waals surface area contributed by atoms with Crippen molar-refractivity contribution in [2.24, 2.45) is 23.7 Å². The molecule has 1 nitrogen and oxygen atoms in total. The predicted octanol–water partition coefficient (Wildman–Crippen LogP) is 6.90. The van der Waals surface area contributed by atoms with E-state index in [1.807, 2.05) is 6.07 Å². The van der Waals surface area contributed by atoms with Crippen LogP contribution in [0.5, 0.6) is 0 Å². The topological polar surface area (TPSA) is 23.8 Å². The molecule has 0 aliphatic heterocycles. The molecule has 3 rings (SSSR count). The quantitative estimate of drug-likeness (QED) is 0.552. The van der Waals surface area contributed by atoms with E-state index in [4.69, 9.17) is 10.7 Å². The number of hydrogen-bond donors (Lipinski definition) is 0. The van der Waals surface area contributed by atoms with Crippen LogP contribution in [0.1, 0.15) is 94.2 Å². The summed E-state index contributed by atoms with van der Waals surface area (Å²) in [5, 5.41) is 9.09. The second-order valence-corrected chi connectivity index (χ2v) is 8.35. The summed E-state index contributed by atoms with van der Waals surface area (Å²) in [4.78, 5) is 0. The van der Waals surface area contributed by atoms with Crippen LogP contribution < -0.4 is 0 Å². The van der Waals surface area contributed by atoms with E-state index in [2.05, 4.69) is 6.92 Å². The molecule has 136 valence electrons. The molecule has 2 aliphatic rings. The molecule has 2 aliphatic carbocycles. The standard InChI is InChI=1S/C24H35N/c1-2-3-19-10-14-23(15-11-19)24-16-12-21(13-17-24)5-4-20-6-8-22(18-25)9-7-20/h6-9,19,21,23-24H,2-5,10-17H2,1H3/i6D,7D,8D,9D. The van der Waals surface area contributed by atoms with Crippen molar-refractivity contribution in [3.63, 3.8) is 0 Å². The zero-order valence-corrected chi connectivity index (χ0v) is 15.7. The van der Waals surface area contributed by atoms with Crippen molar-refractivity contribution >= 4 is 0 Å². The van der Waals surface area contributed by atoms with Crippen molar-refractivity contribution in [1.29, 1.82) is 5.26 Å². The Hall–Kier alpha value is -1.29. The molecule has 1 heteroatoms. The minimum absolute atomic E-state index is 0.0277. The number of rotatable bonds is 6. The molecular weight excluding hydrogens is 302 g/mol. The van der Waals surface area contributed by atoms with E-state index >= 15 is 0 Å². The van der Waals surface area contributed by atoms with E-state index in [0.717, 1.165) is 24.2 Å². The molecule has 0 saturated heterocycles. The summed E-state index contributed by atoms with van der Waals surface area (Å²) in [6.45, 7) is 2.30. The first kappa shape index (κ1) is 13.9. The highest BCUT2D eigenvalue weighted by Crippen LogP contribution is 2.42. The van der Waals surface area contributed by atoms with Crippen molar-refractivity contribution in [2.75, 3.05) is 0 Å². The average Bonchev–Trinajstić information content (AvgIpc) is 2.74. The van der Waals surface area contributed by atoms with E-state index < -0.39 is 0 Å². The van der Waals surface area contributed by atoms with E-state index in [1.165, 1.54) is 64.2 Å². The number of nitriles is 1. The van der Waals surface area contributed by atoms with Gasteiger partial charge in [0.25, 0.3) is 0 Å². The third-order valence-electron chi connectivity index (χ3n) is 6.74. The fourth-order valence-electron chi connectivity index (χ4n) is 5.17. The molecule has 0 N–H and O–H groups in total. The highest BCUT2D eigenvalue weighted by atomic mass is 14.4. The van der Waals surface area contributed by atoms with E-state index in [0.29, 0.717) is 17.9 Å². The molecule has 0 atom stereocenters. The summed E-state index contributed by atoms with van der Waals surface area (Å²) in [5.41, 5.74) is 0.341. The second kappa shape index (κ2) is 9.42. The van der Waals surface area contributed by atoms with Gasteiger partial charge in [0.1, 0.15) is 0 Å². The lowest BCUT2D eigenvalue weighted by Gasteiger charge is -2.38. The smallest absolute Gasteiger partial charge is 0.0991 e. The van der Waals surface area contributed by atoms with Gasteiger partial charge in [0.15, 0.2) is 0 Å². The summed E-state index contributed by atoms with van der Waals surface area (Å²) >= 11 is 0. The largest absolute Gasteiger partial charge is 0.192 e. The Morgan fingerprint density at radius 3 is 1.88 bits per heavy atom. The van der Waals surface area contributed by atoms with Gasteiger partial charge in [0, 0.05) is 0 Å². The van der Waals surface area contributed by atoms with Gasteiger partial charge < -0.3 is 0 Å². The molecule has 0 bridgehead atoms. The monoisotopic (exact) mass is 341 g/mol. The first-order valence-corrected chi connectivity index (χ1v) is 10.5. The third kappa shape index (κ3) is 5.34. The molecule has 0 spiro atoms. The molecule has 0 aromatic heterocycles. The van der Waals surface area contributed by atoms with E-state index in [1.54, 1.807) is 0 Å². The zero-order chi connectivity index (χ0) is 21.0. The third-order valence-corrected chi connectivity index (χ3v) is 6.74. The van der Waals surface area contributed by atoms with Crippen molar-refractivity contribution in [3.8, 4) is 6.07 Å². The van der Waals surface area contributed by atoms with Crippen LogP contribution >= 0.6 is 0 Å². The number of hydrogen-bond acceptors (Lipinski definition) is 1. The minimum Gasteiger partial charge on any atom is -0.192 e. The fraction of sp³-hybridized carbons (Fsp3) is 0.708. The van der Waals surface area contributed by atoms with Crippen LogP contribution in [0.2, 0.25) is 0 Å². The number of benzene rings is 1. The maximum Gasteiger partial charge on any atom is 0.0991 e. The molecule has 2 fully saturated rings. The Morgan fingerprint density at radius 2 is 1.40 bits per heavy atom. The van der Waals surface area contributed by atoms with Gasteiger partial charge in [0.2, 0.25) is 0 Å². The van der Waals surface area contributed by atoms with Crippen molar-refractivity contribution in [3.05, 3.63) is 35.3 Å². The van der Waals surface area contributed by atoms with Crippen LogP contribution in [-0.4, -0.2) is 0 Å². The molecule has 0 amide bonds. The molecule has 25 heavy (non-hydrogen) atoms. The van der Waals surface area contributed by atoms with Crippen LogP contribution in [0.15, 0.2) is 24.2 Å². The predicted molar refractivity (Wildman–Crippen MR) is 105 cm³/mol. The average molecular weight is 342 g/mol. The Labute approximate surface area is 160 Å². The van der Waals surface area contributed by atoms with Crippen LogP contribution in [0.4, 0.5) is 0 Å². The lowest BCUT2D eigenvalue weighted by atomic mass is 9.68. The lowest BCUT2D eigenvalue weighted by molar-refractivity contribution is 0.141. The van der Waals surface area contributed by atoms with Gasteiger partial charge in [-0.25, -0.2) is 0 Å². The van der Waals surface area contributed by atoms with Gasteiger partial charge in [-0.2, -0.15) is 5.26 Å². The van der Waals surface area contributed by atoms with E-state index in [-0.39, 0.29) is 29.7 Å². The maximum absolute atomic E-state index is 9.09. The molecule has 0 unspecified atom stereocenters. The van der Waals surface area contributed by atoms with Crippen molar-refractivity contribution < 1.29 is 5.48 Å². The molecule has 0 heterocycles. The van der Waals surface area contributed by atoms with Crippen molar-refractivity contribution in [1.82, 2.24) is 0 Å². The van der Waals surface area contributed by atoms with Gasteiger partial charge in [-0.05, 0) is 79.8 Å². The molecule has 0 radical (unpaired) electrons. The summed E-state index contributed by atoms with van der Waals surface area (Å²) < 4.78 is 32.3. The maximum atomic E-state index is 9.09. The van der Waals surface area contributed by atoms with Crippen LogP contribution in [-0.2, 0) is 6.42 Å². The van der Waals surface area contributed by atoms with Gasteiger partial charge in [0.05, 0.1) is 17.1 Å². The fourth-order valence-corrected chi connectivity index (χ4v) is 5.17. The summed E-state index contributed by atoms with van der Waals surface area (Å²) in [5.74, 6) is 3.42. The molecule has 2 saturated carbocycles. The first-order valence-electron chi connectivity index (χ1n) is 12.5. The highest BCUT2D eigenvalue weighted by Gasteiger charge is 2.30. The SMILES string of the molecule is [2H]c1c([2H])c(CCC2CCC(C3CCC(CCC)CC3)CC2)c([2H])c([2H])c1C#N. The highest BCUT2D eigenvalue weighted by molar-refractivity contribution is 5.31. The van der Waals surface area contributed by atoms with E-state index in [9.17, 15) is 0 Å². The van der Waals surface area contributed by atoms with Crippen LogP contribution in [0, 0.1) is 35.0 Å². The van der Waals surface area contributed by atoms with Gasteiger partial charge in [-0.1, -0.05) is 57.5 Å². The number of nitrogens with zero attached hydrogens (tertiary/aromatic N) is 1. The Bertz CT molecular complexity index is 709. The lowest BCUT2D eigenvalue weighted by Crippen LogP contribution is -2.26. The van der Waals surface area contributed by atoms with Crippen molar-refractivity contribution in [2.45, 2.75) is 84.0 Å². The van der Waals surface area contributed by atoms with Gasteiger partial charge >= 0.3 is 0 Å². The Morgan fingerprint density at radius 1 is 0.880 bits per heavy atom. The Balaban J connectivity index is 1.51. The zero-order valence-electron chi connectivity index (χ0n) is 19.7. The van der Waals surface area contributed by atoms with Gasteiger partial charge in [-0.3, -0.25) is 0 Å². The summed E-state index contributed by atoms with van der Waals surface area (Å²) in [7, 11) is 0. The molecular formula is C24H35N. The molecule has 1 aromatic rings. The molecule has 1 aromatic carbocycles.